The minimum absolute atomic E-state index is 0.135. The van der Waals surface area contributed by atoms with Crippen LogP contribution in [0.15, 0.2) is 18.2 Å². The van der Waals surface area contributed by atoms with Crippen LogP contribution in [0.2, 0.25) is 0 Å². The molecule has 0 aliphatic carbocycles. The van der Waals surface area contributed by atoms with Gasteiger partial charge >= 0.3 is 0 Å². The van der Waals surface area contributed by atoms with Gasteiger partial charge in [-0.2, -0.15) is 11.8 Å². The first-order valence-corrected chi connectivity index (χ1v) is 8.16. The van der Waals surface area contributed by atoms with Crippen molar-refractivity contribution < 1.29 is 4.74 Å². The number of hydrogen-bond donors (Lipinski definition) is 1. The highest BCUT2D eigenvalue weighted by Gasteiger charge is 2.14. The number of nitrogens with zero attached hydrogens (tertiary/aromatic N) is 1. The molecule has 108 valence electrons. The summed E-state index contributed by atoms with van der Waals surface area (Å²) in [6.07, 6.45) is 3.41. The number of thioether (sulfide) groups is 1. The van der Waals surface area contributed by atoms with Crippen LogP contribution >= 0.6 is 11.8 Å². The first kappa shape index (κ1) is 16.0. The molecule has 1 rings (SSSR count). The smallest absolute Gasteiger partial charge is 0.144 e. The Morgan fingerprint density at radius 3 is 2.58 bits per heavy atom. The summed E-state index contributed by atoms with van der Waals surface area (Å²) in [6.45, 7) is 6.25. The molecule has 0 saturated heterocycles. The lowest BCUT2D eigenvalue weighted by atomic mass is 10.2. The summed E-state index contributed by atoms with van der Waals surface area (Å²) in [5.41, 5.74) is 7.81. The van der Waals surface area contributed by atoms with Gasteiger partial charge in [-0.25, -0.2) is 0 Å². The summed E-state index contributed by atoms with van der Waals surface area (Å²) in [7, 11) is 2.13. The van der Waals surface area contributed by atoms with E-state index in [1.54, 1.807) is 0 Å². The predicted octanol–water partition coefficient (Wildman–Crippen LogP) is 3.63. The van der Waals surface area contributed by atoms with Crippen LogP contribution in [0.5, 0.6) is 5.75 Å². The van der Waals surface area contributed by atoms with E-state index in [4.69, 9.17) is 10.5 Å². The molecule has 1 unspecified atom stereocenters. The molecule has 0 heterocycles. The van der Waals surface area contributed by atoms with Gasteiger partial charge in [0, 0.05) is 30.6 Å². The number of hydrogen-bond acceptors (Lipinski definition) is 4. The molecule has 2 N–H and O–H groups in total. The molecule has 1 aromatic carbocycles. The van der Waals surface area contributed by atoms with Crippen LogP contribution in [0.25, 0.3) is 0 Å². The number of rotatable bonds is 7. The highest BCUT2D eigenvalue weighted by Crippen LogP contribution is 2.29. The predicted molar refractivity (Wildman–Crippen MR) is 87.5 cm³/mol. The number of benzene rings is 1. The van der Waals surface area contributed by atoms with Crippen molar-refractivity contribution in [3.8, 4) is 5.75 Å². The fraction of sp³-hybridized carbons (Fsp3) is 0.600. The zero-order valence-corrected chi connectivity index (χ0v) is 13.5. The quantitative estimate of drug-likeness (QED) is 0.775. The molecule has 0 amide bonds. The van der Waals surface area contributed by atoms with E-state index in [2.05, 4.69) is 31.2 Å². The molecule has 0 spiro atoms. The Hall–Kier alpha value is -1.03. The molecule has 0 aliphatic heterocycles. The zero-order valence-electron chi connectivity index (χ0n) is 12.6. The SMILES string of the molecule is CCC(CSC)N(C)c1ccc(N)c(OC(C)C)c1. The van der Waals surface area contributed by atoms with Gasteiger partial charge in [-0.05, 0) is 38.7 Å². The van der Waals surface area contributed by atoms with E-state index >= 15 is 0 Å². The summed E-state index contributed by atoms with van der Waals surface area (Å²) >= 11 is 1.88. The van der Waals surface area contributed by atoms with E-state index < -0.39 is 0 Å². The zero-order chi connectivity index (χ0) is 14.4. The lowest BCUT2D eigenvalue weighted by Gasteiger charge is -2.29. The molecule has 3 nitrogen and oxygen atoms in total. The Morgan fingerprint density at radius 1 is 1.37 bits per heavy atom. The Balaban J connectivity index is 2.93. The topological polar surface area (TPSA) is 38.5 Å². The van der Waals surface area contributed by atoms with Crippen molar-refractivity contribution in [2.24, 2.45) is 0 Å². The lowest BCUT2D eigenvalue weighted by molar-refractivity contribution is 0.244. The maximum atomic E-state index is 5.96. The average molecular weight is 282 g/mol. The van der Waals surface area contributed by atoms with Crippen LogP contribution in [0, 0.1) is 0 Å². The van der Waals surface area contributed by atoms with Crippen LogP contribution in [0.4, 0.5) is 11.4 Å². The van der Waals surface area contributed by atoms with Crippen LogP contribution in [-0.2, 0) is 0 Å². The fourth-order valence-electron chi connectivity index (χ4n) is 2.01. The van der Waals surface area contributed by atoms with Gasteiger partial charge in [0.05, 0.1) is 11.8 Å². The normalized spacial score (nSPS) is 12.5. The molecule has 0 aromatic heterocycles. The Labute approximate surface area is 121 Å². The van der Waals surface area contributed by atoms with Crippen molar-refractivity contribution >= 4 is 23.1 Å². The van der Waals surface area contributed by atoms with E-state index in [1.165, 1.54) is 0 Å². The van der Waals surface area contributed by atoms with Crippen LogP contribution in [0.1, 0.15) is 27.2 Å². The van der Waals surface area contributed by atoms with Gasteiger partial charge in [0.25, 0.3) is 0 Å². The van der Waals surface area contributed by atoms with Crippen LogP contribution in [-0.4, -0.2) is 31.2 Å². The van der Waals surface area contributed by atoms with E-state index in [1.807, 2.05) is 37.7 Å². The second-order valence-electron chi connectivity index (χ2n) is 5.02. The number of nitrogens with two attached hydrogens (primary N) is 1. The van der Waals surface area contributed by atoms with Crippen molar-refractivity contribution in [2.75, 3.05) is 29.7 Å². The monoisotopic (exact) mass is 282 g/mol. The van der Waals surface area contributed by atoms with Gasteiger partial charge in [0.2, 0.25) is 0 Å². The molecular formula is C15H26N2OS. The molecular weight excluding hydrogens is 256 g/mol. The third-order valence-electron chi connectivity index (χ3n) is 3.15. The number of anilines is 2. The van der Waals surface area contributed by atoms with Crippen LogP contribution < -0.4 is 15.4 Å². The maximum Gasteiger partial charge on any atom is 0.144 e. The molecule has 1 aromatic rings. The van der Waals surface area contributed by atoms with E-state index in [9.17, 15) is 0 Å². The Morgan fingerprint density at radius 2 is 2.05 bits per heavy atom. The summed E-state index contributed by atoms with van der Waals surface area (Å²) in [5.74, 6) is 1.90. The first-order valence-electron chi connectivity index (χ1n) is 6.77. The molecule has 19 heavy (non-hydrogen) atoms. The third kappa shape index (κ3) is 4.53. The molecule has 0 fully saturated rings. The molecule has 1 atom stereocenters. The largest absolute Gasteiger partial charge is 0.489 e. The highest BCUT2D eigenvalue weighted by atomic mass is 32.2. The Bertz CT molecular complexity index is 396. The van der Waals surface area contributed by atoms with Gasteiger partial charge in [-0.1, -0.05) is 6.92 Å². The second kappa shape index (κ2) is 7.53. The second-order valence-corrected chi connectivity index (χ2v) is 5.93. The van der Waals surface area contributed by atoms with Gasteiger partial charge in [-0.15, -0.1) is 0 Å². The molecule has 0 saturated carbocycles. The van der Waals surface area contributed by atoms with E-state index in [0.717, 1.165) is 23.6 Å². The maximum absolute atomic E-state index is 5.96. The van der Waals surface area contributed by atoms with Gasteiger partial charge < -0.3 is 15.4 Å². The lowest BCUT2D eigenvalue weighted by Crippen LogP contribution is -2.33. The molecule has 0 radical (unpaired) electrons. The third-order valence-corrected chi connectivity index (χ3v) is 3.86. The average Bonchev–Trinajstić information content (AvgIpc) is 2.37. The molecule has 4 heteroatoms. The minimum Gasteiger partial charge on any atom is -0.489 e. The minimum atomic E-state index is 0.135. The van der Waals surface area contributed by atoms with Crippen molar-refractivity contribution in [3.05, 3.63) is 18.2 Å². The van der Waals surface area contributed by atoms with E-state index in [0.29, 0.717) is 11.7 Å². The summed E-state index contributed by atoms with van der Waals surface area (Å²) < 4.78 is 5.75. The fourth-order valence-corrected chi connectivity index (χ4v) is 2.85. The Kier molecular flexibility index (Phi) is 6.35. The first-order chi connectivity index (χ1) is 8.99. The van der Waals surface area contributed by atoms with Gasteiger partial charge in [0.1, 0.15) is 5.75 Å². The summed E-state index contributed by atoms with van der Waals surface area (Å²) in [6, 6.07) is 6.56. The van der Waals surface area contributed by atoms with Crippen molar-refractivity contribution in [2.45, 2.75) is 39.3 Å². The summed E-state index contributed by atoms with van der Waals surface area (Å²) in [4.78, 5) is 2.31. The van der Waals surface area contributed by atoms with Crippen molar-refractivity contribution in [1.82, 2.24) is 0 Å². The van der Waals surface area contributed by atoms with Crippen molar-refractivity contribution in [3.63, 3.8) is 0 Å². The molecule has 0 aliphatic rings. The van der Waals surface area contributed by atoms with Gasteiger partial charge in [-0.3, -0.25) is 0 Å². The van der Waals surface area contributed by atoms with E-state index in [-0.39, 0.29) is 6.10 Å². The number of ether oxygens (including phenoxy) is 1. The standard InChI is InChI=1S/C15H26N2OS/c1-6-12(10-19-5)17(4)13-7-8-14(16)15(9-13)18-11(2)3/h7-9,11-12H,6,10,16H2,1-5H3. The molecule has 0 bridgehead atoms. The summed E-state index contributed by atoms with van der Waals surface area (Å²) in [5, 5.41) is 0. The number of nitrogen functional groups attached to an aromatic ring is 1. The van der Waals surface area contributed by atoms with Crippen LogP contribution in [0.3, 0.4) is 0 Å². The van der Waals surface area contributed by atoms with Crippen molar-refractivity contribution in [1.29, 1.82) is 0 Å². The highest BCUT2D eigenvalue weighted by molar-refractivity contribution is 7.98. The van der Waals surface area contributed by atoms with Gasteiger partial charge in [0.15, 0.2) is 0 Å².